The summed E-state index contributed by atoms with van der Waals surface area (Å²) in [5.74, 6) is 0. The van der Waals surface area contributed by atoms with Crippen molar-refractivity contribution in [2.75, 3.05) is 4.90 Å². The first-order valence-electron chi connectivity index (χ1n) is 24.2. The van der Waals surface area contributed by atoms with Crippen LogP contribution in [0.2, 0.25) is 0 Å². The Bertz CT molecular complexity index is 4250. The van der Waals surface area contributed by atoms with Crippen LogP contribution < -0.4 is 4.90 Å². The van der Waals surface area contributed by atoms with Gasteiger partial charge >= 0.3 is 0 Å². The summed E-state index contributed by atoms with van der Waals surface area (Å²) in [5.41, 5.74) is 22.8. The van der Waals surface area contributed by atoms with Gasteiger partial charge in [0.05, 0.1) is 27.8 Å². The van der Waals surface area contributed by atoms with Crippen LogP contribution in [0.5, 0.6) is 0 Å². The molecule has 0 fully saturated rings. The molecule has 326 valence electrons. The maximum atomic E-state index is 6.36. The molecule has 13 aromatic rings. The van der Waals surface area contributed by atoms with E-state index in [0.717, 1.165) is 61.3 Å². The zero-order valence-corrected chi connectivity index (χ0v) is 38.1. The van der Waals surface area contributed by atoms with E-state index in [1.165, 1.54) is 72.0 Å². The Morgan fingerprint density at radius 2 is 0.929 bits per heavy atom. The number of furan rings is 1. The summed E-state index contributed by atoms with van der Waals surface area (Å²) in [6, 6.07) is 93.8. The lowest BCUT2D eigenvalue weighted by atomic mass is 9.65. The third-order valence-corrected chi connectivity index (χ3v) is 15.2. The number of fused-ring (bicyclic) bond motifs is 15. The minimum Gasteiger partial charge on any atom is -0.456 e. The standard InChI is InChI=1S/C67H42N2O/c1-2-16-43(17-3-1)45-18-14-19-47(40-45)50-20-5-10-28-61(50)68(48-35-32-44(33-36-48)46-34-38-55-54-23-7-13-31-64(54)70-65(55)41-46)49-37-39-52-51-21-4-8-25-57(51)67(60(52)42-49)58-26-9-12-30-63(58)69-62-29-11-6-22-53(62)56-24-15-27-59(67)66(56)69/h1-42H. The first kappa shape index (κ1) is 38.9. The van der Waals surface area contributed by atoms with Gasteiger partial charge in [-0.25, -0.2) is 0 Å². The molecule has 0 saturated heterocycles. The Hall–Kier alpha value is -9.18. The molecule has 3 heterocycles. The Kier molecular flexibility index (Phi) is 8.28. The SMILES string of the molecule is c1ccc(-c2cccc(-c3ccccc3N(c3ccc(-c4ccc5c(c4)oc4ccccc45)cc3)c3ccc4c(c3)C3(c5ccccc5-4)c4ccccc4-n4c5ccccc5c5cccc3c54)c2)cc1. The molecule has 1 aliphatic carbocycles. The van der Waals surface area contributed by atoms with Gasteiger partial charge in [0.25, 0.3) is 0 Å². The van der Waals surface area contributed by atoms with Crippen LogP contribution in [0.25, 0.3) is 93.9 Å². The van der Waals surface area contributed by atoms with Gasteiger partial charge in [-0.05, 0) is 128 Å². The van der Waals surface area contributed by atoms with Crippen LogP contribution in [0, 0.1) is 0 Å². The van der Waals surface area contributed by atoms with Crippen LogP contribution in [0.4, 0.5) is 17.1 Å². The zero-order chi connectivity index (χ0) is 45.9. The van der Waals surface area contributed by atoms with Gasteiger partial charge in [0.15, 0.2) is 0 Å². The second kappa shape index (κ2) is 14.9. The fourth-order valence-corrected chi connectivity index (χ4v) is 12.2. The number of aromatic nitrogens is 1. The van der Waals surface area contributed by atoms with E-state index in [0.29, 0.717) is 0 Å². The lowest BCUT2D eigenvalue weighted by Gasteiger charge is -2.40. The van der Waals surface area contributed by atoms with Crippen LogP contribution in [0.1, 0.15) is 22.3 Å². The smallest absolute Gasteiger partial charge is 0.136 e. The van der Waals surface area contributed by atoms with Crippen molar-refractivity contribution in [2.45, 2.75) is 5.41 Å². The summed E-state index contributed by atoms with van der Waals surface area (Å²) in [6.07, 6.45) is 0. The van der Waals surface area contributed by atoms with Crippen molar-refractivity contribution in [3.63, 3.8) is 0 Å². The number of rotatable bonds is 6. The highest BCUT2D eigenvalue weighted by Gasteiger charge is 2.51. The molecular weight excluding hydrogens is 849 g/mol. The fraction of sp³-hybridized carbons (Fsp3) is 0.0149. The van der Waals surface area contributed by atoms with Gasteiger partial charge in [0.1, 0.15) is 11.2 Å². The fourth-order valence-electron chi connectivity index (χ4n) is 12.2. The van der Waals surface area contributed by atoms with Gasteiger partial charge in [-0.1, -0.05) is 188 Å². The second-order valence-electron chi connectivity index (χ2n) is 18.8. The molecule has 0 saturated carbocycles. The zero-order valence-electron chi connectivity index (χ0n) is 38.1. The molecule has 1 atom stereocenters. The van der Waals surface area contributed by atoms with Crippen molar-refractivity contribution in [1.29, 1.82) is 0 Å². The third kappa shape index (κ3) is 5.46. The van der Waals surface area contributed by atoms with Crippen molar-refractivity contribution in [3.05, 3.63) is 277 Å². The van der Waals surface area contributed by atoms with E-state index in [9.17, 15) is 0 Å². The van der Waals surface area contributed by atoms with Crippen LogP contribution in [-0.4, -0.2) is 4.57 Å². The Morgan fingerprint density at radius 1 is 0.329 bits per heavy atom. The van der Waals surface area contributed by atoms with Gasteiger partial charge in [0, 0.05) is 38.5 Å². The quantitative estimate of drug-likeness (QED) is 0.166. The van der Waals surface area contributed by atoms with E-state index in [-0.39, 0.29) is 0 Å². The molecule has 11 aromatic carbocycles. The normalized spacial score (nSPS) is 14.3. The number of anilines is 3. The molecule has 0 bridgehead atoms. The average Bonchev–Trinajstić information content (AvgIpc) is 4.08. The molecule has 1 unspecified atom stereocenters. The molecule has 1 aliphatic heterocycles. The summed E-state index contributed by atoms with van der Waals surface area (Å²) in [4.78, 5) is 2.47. The first-order valence-corrected chi connectivity index (χ1v) is 24.2. The van der Waals surface area contributed by atoms with E-state index in [4.69, 9.17) is 4.42 Å². The van der Waals surface area contributed by atoms with E-state index in [2.05, 4.69) is 252 Å². The topological polar surface area (TPSA) is 21.3 Å². The molecule has 0 N–H and O–H groups in total. The van der Waals surface area contributed by atoms with E-state index >= 15 is 0 Å². The highest BCUT2D eigenvalue weighted by atomic mass is 16.3. The minimum absolute atomic E-state index is 0.587. The molecule has 70 heavy (non-hydrogen) atoms. The first-order chi connectivity index (χ1) is 34.7. The molecule has 0 amide bonds. The van der Waals surface area contributed by atoms with Crippen LogP contribution >= 0.6 is 0 Å². The number of hydrogen-bond donors (Lipinski definition) is 0. The number of benzene rings is 11. The molecule has 0 radical (unpaired) electrons. The monoisotopic (exact) mass is 890 g/mol. The predicted molar refractivity (Wildman–Crippen MR) is 290 cm³/mol. The number of hydrogen-bond acceptors (Lipinski definition) is 2. The molecule has 3 heteroatoms. The third-order valence-electron chi connectivity index (χ3n) is 15.2. The Balaban J connectivity index is 0.964. The highest BCUT2D eigenvalue weighted by molar-refractivity contribution is 6.13. The van der Waals surface area contributed by atoms with Gasteiger partial charge in [0.2, 0.25) is 0 Å². The van der Waals surface area contributed by atoms with Gasteiger partial charge in [-0.15, -0.1) is 0 Å². The van der Waals surface area contributed by atoms with Crippen LogP contribution in [0.3, 0.4) is 0 Å². The predicted octanol–water partition coefficient (Wildman–Crippen LogP) is 17.8. The Labute approximate surface area is 405 Å². The highest BCUT2D eigenvalue weighted by Crippen LogP contribution is 2.62. The maximum absolute atomic E-state index is 6.36. The summed E-state index contributed by atoms with van der Waals surface area (Å²) < 4.78 is 8.88. The van der Waals surface area contributed by atoms with Gasteiger partial charge in [-0.2, -0.15) is 0 Å². The van der Waals surface area contributed by atoms with Crippen LogP contribution in [0.15, 0.2) is 259 Å². The molecule has 2 aliphatic rings. The summed E-state index contributed by atoms with van der Waals surface area (Å²) in [5, 5.41) is 4.81. The van der Waals surface area contributed by atoms with E-state index in [1.54, 1.807) is 0 Å². The molecule has 1 spiro atoms. The lowest BCUT2D eigenvalue weighted by Crippen LogP contribution is -2.33. The van der Waals surface area contributed by atoms with Crippen molar-refractivity contribution >= 4 is 60.8 Å². The summed E-state index contributed by atoms with van der Waals surface area (Å²) >= 11 is 0. The summed E-state index contributed by atoms with van der Waals surface area (Å²) in [7, 11) is 0. The molecular formula is C67H42N2O. The Morgan fingerprint density at radius 3 is 1.83 bits per heavy atom. The number of para-hydroxylation sites is 5. The molecule has 3 nitrogen and oxygen atoms in total. The van der Waals surface area contributed by atoms with Crippen molar-refractivity contribution in [2.24, 2.45) is 0 Å². The van der Waals surface area contributed by atoms with Crippen molar-refractivity contribution in [1.82, 2.24) is 4.57 Å². The summed E-state index contributed by atoms with van der Waals surface area (Å²) in [6.45, 7) is 0. The molecule has 2 aromatic heterocycles. The van der Waals surface area contributed by atoms with Gasteiger partial charge < -0.3 is 13.9 Å². The van der Waals surface area contributed by atoms with E-state index in [1.807, 2.05) is 12.1 Å². The average molecular weight is 891 g/mol. The lowest BCUT2D eigenvalue weighted by molar-refractivity contribution is 0.669. The van der Waals surface area contributed by atoms with E-state index < -0.39 is 5.41 Å². The number of nitrogens with zero attached hydrogens (tertiary/aromatic N) is 2. The van der Waals surface area contributed by atoms with Crippen molar-refractivity contribution < 1.29 is 4.42 Å². The molecule has 15 rings (SSSR count). The van der Waals surface area contributed by atoms with Crippen LogP contribution in [-0.2, 0) is 5.41 Å². The maximum Gasteiger partial charge on any atom is 0.136 e. The largest absolute Gasteiger partial charge is 0.456 e. The minimum atomic E-state index is -0.587. The van der Waals surface area contributed by atoms with Gasteiger partial charge in [-0.3, -0.25) is 0 Å². The second-order valence-corrected chi connectivity index (χ2v) is 18.8. The van der Waals surface area contributed by atoms with Crippen molar-refractivity contribution in [3.8, 4) is 50.2 Å².